The summed E-state index contributed by atoms with van der Waals surface area (Å²) in [6.45, 7) is 3.82. The molecule has 8 nitrogen and oxygen atoms in total. The number of hydrogen-bond donors (Lipinski definition) is 1. The van der Waals surface area contributed by atoms with E-state index in [1.54, 1.807) is 30.5 Å². The average molecular weight is 577 g/mol. The zero-order chi connectivity index (χ0) is 30.0. The molecule has 0 saturated heterocycles. The van der Waals surface area contributed by atoms with Crippen molar-refractivity contribution < 1.29 is 32.2 Å². The summed E-state index contributed by atoms with van der Waals surface area (Å²) in [4.78, 5) is 30.3. The smallest absolute Gasteiger partial charge is 0.358 e. The molecular weight excluding hydrogens is 549 g/mol. The van der Waals surface area contributed by atoms with Gasteiger partial charge in [0.05, 0.1) is 38.3 Å². The fraction of sp³-hybridized carbons (Fsp3) is 0.226. The van der Waals surface area contributed by atoms with Gasteiger partial charge in [-0.2, -0.15) is 5.10 Å². The number of fused-ring (bicyclic) bond motifs is 1. The number of pyridine rings is 1. The second kappa shape index (κ2) is 12.0. The van der Waals surface area contributed by atoms with Crippen LogP contribution in [0, 0.1) is 17.5 Å². The van der Waals surface area contributed by atoms with Gasteiger partial charge in [0.2, 0.25) is 0 Å². The lowest BCUT2D eigenvalue weighted by atomic mass is 9.86. The minimum atomic E-state index is -0.747. The lowest BCUT2D eigenvalue weighted by Gasteiger charge is -2.20. The molecule has 1 aliphatic rings. The second-order valence-corrected chi connectivity index (χ2v) is 9.99. The van der Waals surface area contributed by atoms with Crippen LogP contribution in [0.3, 0.4) is 0 Å². The first-order valence-corrected chi connectivity index (χ1v) is 13.1. The van der Waals surface area contributed by atoms with Gasteiger partial charge in [-0.05, 0) is 47.9 Å². The van der Waals surface area contributed by atoms with Crippen LogP contribution in [0.4, 0.5) is 13.2 Å². The maximum absolute atomic E-state index is 14.4. The van der Waals surface area contributed by atoms with Crippen LogP contribution in [-0.2, 0) is 40.4 Å². The highest BCUT2D eigenvalue weighted by molar-refractivity contribution is 5.89. The van der Waals surface area contributed by atoms with Crippen molar-refractivity contribution >= 4 is 17.4 Å². The van der Waals surface area contributed by atoms with Crippen molar-refractivity contribution in [3.8, 4) is 11.1 Å². The minimum absolute atomic E-state index is 0.0452. The Hall–Kier alpha value is -4.77. The third-order valence-corrected chi connectivity index (χ3v) is 7.08. The van der Waals surface area contributed by atoms with Gasteiger partial charge in [0.15, 0.2) is 11.5 Å². The molecular formula is C31H27F3N4O4. The Balaban J connectivity index is 1.52. The van der Waals surface area contributed by atoms with Crippen molar-refractivity contribution in [3.05, 3.63) is 113 Å². The zero-order valence-electron chi connectivity index (χ0n) is 22.7. The van der Waals surface area contributed by atoms with Crippen LogP contribution in [-0.4, -0.2) is 33.6 Å². The van der Waals surface area contributed by atoms with E-state index in [1.807, 2.05) is 0 Å². The molecule has 2 aromatic heterocycles. The number of Topliss-reactive ketones (excluding diaryl/α,β-unsaturated/α-hetero) is 1. The monoisotopic (exact) mass is 576 g/mol. The molecule has 0 bridgehead atoms. The van der Waals surface area contributed by atoms with E-state index in [1.165, 1.54) is 30.0 Å². The van der Waals surface area contributed by atoms with Gasteiger partial charge in [-0.1, -0.05) is 18.7 Å². The van der Waals surface area contributed by atoms with Crippen molar-refractivity contribution in [2.24, 2.45) is 5.73 Å². The number of benzene rings is 2. The summed E-state index contributed by atoms with van der Waals surface area (Å²) in [5.74, 6) is -3.57. The lowest BCUT2D eigenvalue weighted by Crippen LogP contribution is -2.19. The predicted octanol–water partition coefficient (Wildman–Crippen LogP) is 5.09. The van der Waals surface area contributed by atoms with Crippen molar-refractivity contribution in [1.82, 2.24) is 14.8 Å². The Kier molecular flexibility index (Phi) is 8.21. The average Bonchev–Trinajstić information content (AvgIpc) is 3.56. The third-order valence-electron chi connectivity index (χ3n) is 7.08. The lowest BCUT2D eigenvalue weighted by molar-refractivity contribution is -0.120. The second-order valence-electron chi connectivity index (χ2n) is 9.99. The van der Waals surface area contributed by atoms with Gasteiger partial charge in [0, 0.05) is 47.0 Å². The van der Waals surface area contributed by atoms with Crippen LogP contribution in [0.1, 0.15) is 50.9 Å². The van der Waals surface area contributed by atoms with Crippen LogP contribution in [0.15, 0.2) is 61.3 Å². The molecule has 0 amide bonds. The fourth-order valence-electron chi connectivity index (χ4n) is 5.20. The van der Waals surface area contributed by atoms with E-state index in [0.29, 0.717) is 33.6 Å². The van der Waals surface area contributed by atoms with Crippen LogP contribution in [0.5, 0.6) is 0 Å². The molecule has 0 unspecified atom stereocenters. The fourth-order valence-corrected chi connectivity index (χ4v) is 5.20. The van der Waals surface area contributed by atoms with Crippen LogP contribution < -0.4 is 5.73 Å². The zero-order valence-corrected chi connectivity index (χ0v) is 22.7. The van der Waals surface area contributed by atoms with Crippen LogP contribution in [0.25, 0.3) is 16.8 Å². The molecule has 1 aliphatic heterocycles. The number of hydrogen-bond acceptors (Lipinski definition) is 7. The maximum Gasteiger partial charge on any atom is 0.358 e. The molecule has 216 valence electrons. The number of methoxy groups -OCH3 is 1. The van der Waals surface area contributed by atoms with Gasteiger partial charge in [-0.3, -0.25) is 14.5 Å². The highest BCUT2D eigenvalue weighted by Gasteiger charge is 2.29. The van der Waals surface area contributed by atoms with Crippen molar-refractivity contribution in [3.63, 3.8) is 0 Å². The largest absolute Gasteiger partial charge is 0.464 e. The maximum atomic E-state index is 14.4. The number of ketones is 1. The van der Waals surface area contributed by atoms with Crippen molar-refractivity contribution in [2.45, 2.75) is 38.5 Å². The highest BCUT2D eigenvalue weighted by atomic mass is 19.1. The van der Waals surface area contributed by atoms with Crippen LogP contribution >= 0.6 is 0 Å². The van der Waals surface area contributed by atoms with Crippen molar-refractivity contribution in [2.75, 3.05) is 7.11 Å². The highest BCUT2D eigenvalue weighted by Crippen LogP contribution is 2.34. The van der Waals surface area contributed by atoms with Gasteiger partial charge in [-0.15, -0.1) is 0 Å². The van der Waals surface area contributed by atoms with Gasteiger partial charge < -0.3 is 15.2 Å². The molecule has 2 N–H and O–H groups in total. The first kappa shape index (κ1) is 28.7. The number of rotatable bonds is 10. The Morgan fingerprint density at radius 1 is 1.12 bits per heavy atom. The standard InChI is InChI=1S/C31H27F3N4O4/c1-17(35)25-12-19(5-6-27(25)34)24-4-3-7-36-29(24)20(8-18-9-21(32)13-22(33)10-18)11-23(39)14-38-28-16-42-15-26(28)30(37-38)31(40)41-2/h3-7,9-10,12-13,20H,1,8,11,14-16,35H2,2H3/t20-/m1/s1. The molecule has 2 aromatic carbocycles. The van der Waals surface area contributed by atoms with E-state index < -0.39 is 29.3 Å². The number of ether oxygens (including phenoxy) is 2. The molecule has 0 fully saturated rings. The summed E-state index contributed by atoms with van der Waals surface area (Å²) >= 11 is 0. The van der Waals surface area contributed by atoms with E-state index >= 15 is 0 Å². The third kappa shape index (κ3) is 5.96. The van der Waals surface area contributed by atoms with E-state index in [0.717, 1.165) is 6.07 Å². The number of carbonyl (C=O) groups excluding carboxylic acids is 2. The SMILES string of the molecule is C=C(N)c1cc(-c2cccnc2[C@@H](CC(=O)Cn2nc(C(=O)OC)c3c2COC3)Cc2cc(F)cc(F)c2)ccc1F. The molecule has 11 heteroatoms. The topological polar surface area (TPSA) is 109 Å². The molecule has 0 aliphatic carbocycles. The number of aromatic nitrogens is 3. The number of esters is 1. The summed E-state index contributed by atoms with van der Waals surface area (Å²) in [5, 5.41) is 4.30. The minimum Gasteiger partial charge on any atom is -0.464 e. The molecule has 4 aromatic rings. The summed E-state index contributed by atoms with van der Waals surface area (Å²) in [7, 11) is 1.24. The van der Waals surface area contributed by atoms with E-state index in [-0.39, 0.29) is 55.3 Å². The Bertz CT molecular complexity index is 1680. The Morgan fingerprint density at radius 2 is 1.88 bits per heavy atom. The Morgan fingerprint density at radius 3 is 2.60 bits per heavy atom. The van der Waals surface area contributed by atoms with Gasteiger partial charge in [0.25, 0.3) is 0 Å². The first-order chi connectivity index (χ1) is 20.1. The summed E-state index contributed by atoms with van der Waals surface area (Å²) in [6, 6.07) is 11.0. The first-order valence-electron chi connectivity index (χ1n) is 13.1. The van der Waals surface area contributed by atoms with Gasteiger partial charge in [-0.25, -0.2) is 18.0 Å². The number of halogens is 3. The number of nitrogens with zero attached hydrogens (tertiary/aromatic N) is 3. The van der Waals surface area contributed by atoms with E-state index in [4.69, 9.17) is 15.2 Å². The number of carbonyl (C=O) groups is 2. The quantitative estimate of drug-likeness (QED) is 0.262. The molecule has 3 heterocycles. The van der Waals surface area contributed by atoms with Gasteiger partial charge >= 0.3 is 5.97 Å². The summed E-state index contributed by atoms with van der Waals surface area (Å²) in [5.41, 5.74) is 9.19. The molecule has 0 saturated carbocycles. The number of nitrogens with two attached hydrogens (primary N) is 1. The molecule has 42 heavy (non-hydrogen) atoms. The van der Waals surface area contributed by atoms with Crippen molar-refractivity contribution in [1.29, 1.82) is 0 Å². The summed E-state index contributed by atoms with van der Waals surface area (Å²) < 4.78 is 54.3. The Labute approximate surface area is 239 Å². The molecule has 1 atom stereocenters. The van der Waals surface area contributed by atoms with Gasteiger partial charge in [0.1, 0.15) is 17.5 Å². The predicted molar refractivity (Wildman–Crippen MR) is 147 cm³/mol. The van der Waals surface area contributed by atoms with E-state index in [9.17, 15) is 22.8 Å². The summed E-state index contributed by atoms with van der Waals surface area (Å²) in [6.07, 6.45) is 1.55. The molecule has 0 radical (unpaired) electrons. The van der Waals surface area contributed by atoms with Crippen LogP contribution in [0.2, 0.25) is 0 Å². The normalized spacial score (nSPS) is 13.0. The molecule has 0 spiro atoms. The van der Waals surface area contributed by atoms with E-state index in [2.05, 4.69) is 16.7 Å². The molecule has 5 rings (SSSR count).